The molecule has 0 saturated heterocycles. The first-order chi connectivity index (χ1) is 6.12. The molecule has 1 aromatic rings. The number of hydrogen-bond acceptors (Lipinski definition) is 0. The summed E-state index contributed by atoms with van der Waals surface area (Å²) in [4.78, 5) is 0. The normalized spacial score (nSPS) is 11.7. The Morgan fingerprint density at radius 2 is 1.54 bits per heavy atom. The highest BCUT2D eigenvalue weighted by Crippen LogP contribution is 2.28. The summed E-state index contributed by atoms with van der Waals surface area (Å²) in [7, 11) is 0. The molecule has 0 aliphatic carbocycles. The molecular weight excluding hydrogens is 292 g/mol. The number of halogens is 2. The van der Waals surface area contributed by atoms with Crippen LogP contribution in [0.5, 0.6) is 0 Å². The van der Waals surface area contributed by atoms with Crippen LogP contribution in [0.25, 0.3) is 0 Å². The van der Waals surface area contributed by atoms with E-state index in [1.54, 1.807) is 0 Å². The van der Waals surface area contributed by atoms with Crippen LogP contribution in [0.1, 0.15) is 18.1 Å². The molecule has 13 heavy (non-hydrogen) atoms. The first kappa shape index (κ1) is 11.3. The number of rotatable bonds is 3. The summed E-state index contributed by atoms with van der Waals surface area (Å²) in [6, 6.07) is 8.74. The molecule has 0 spiro atoms. The van der Waals surface area contributed by atoms with Gasteiger partial charge in [-0.2, -0.15) is 0 Å². The van der Waals surface area contributed by atoms with Crippen LogP contribution in [0.3, 0.4) is 0 Å². The molecule has 1 aromatic carbocycles. The zero-order valence-corrected chi connectivity index (χ0v) is 11.2. The van der Waals surface area contributed by atoms with Gasteiger partial charge >= 0.3 is 0 Å². The fourth-order valence-electron chi connectivity index (χ4n) is 1.15. The Morgan fingerprint density at radius 1 is 1.08 bits per heavy atom. The van der Waals surface area contributed by atoms with Crippen molar-refractivity contribution in [1.82, 2.24) is 0 Å². The second-order valence-corrected chi connectivity index (χ2v) is 4.82. The van der Waals surface area contributed by atoms with E-state index in [0.29, 0.717) is 0 Å². The maximum Gasteiger partial charge on any atom is 0.0134 e. The average molecular weight is 306 g/mol. The monoisotopic (exact) mass is 304 g/mol. The molecule has 72 valence electrons. The van der Waals surface area contributed by atoms with E-state index >= 15 is 0 Å². The first-order valence-electron chi connectivity index (χ1n) is 4.31. The largest absolute Gasteiger partial charge is 0.0918 e. The second kappa shape index (κ2) is 4.61. The first-order valence-corrected chi connectivity index (χ1v) is 6.56. The van der Waals surface area contributed by atoms with E-state index in [9.17, 15) is 0 Å². The molecule has 0 N–H and O–H groups in total. The molecule has 0 atom stereocenters. The van der Waals surface area contributed by atoms with Crippen LogP contribution in [0.15, 0.2) is 24.3 Å². The summed E-state index contributed by atoms with van der Waals surface area (Å²) in [6.45, 7) is 4.37. The molecule has 1 rings (SSSR count). The van der Waals surface area contributed by atoms with Crippen LogP contribution in [0, 0.1) is 6.92 Å². The van der Waals surface area contributed by atoms with E-state index in [1.165, 1.54) is 11.1 Å². The Balaban J connectivity index is 2.99. The highest BCUT2D eigenvalue weighted by Gasteiger charge is 2.23. The number of benzene rings is 1. The molecule has 0 saturated carbocycles. The lowest BCUT2D eigenvalue weighted by molar-refractivity contribution is 0.623. The molecule has 0 nitrogen and oxygen atoms in total. The van der Waals surface area contributed by atoms with E-state index in [0.717, 1.165) is 10.7 Å². The summed E-state index contributed by atoms with van der Waals surface area (Å²) in [5.41, 5.74) is 2.90. The number of alkyl halides is 2. The Kier molecular flexibility index (Phi) is 3.99. The van der Waals surface area contributed by atoms with Crippen molar-refractivity contribution < 1.29 is 0 Å². The lowest BCUT2D eigenvalue weighted by Crippen LogP contribution is -2.25. The minimum Gasteiger partial charge on any atom is -0.0918 e. The van der Waals surface area contributed by atoms with Crippen molar-refractivity contribution in [3.8, 4) is 0 Å². The summed E-state index contributed by atoms with van der Waals surface area (Å²) in [5, 5.41) is 1.96. The maximum absolute atomic E-state index is 3.56. The van der Waals surface area contributed by atoms with Crippen LogP contribution < -0.4 is 0 Å². The molecule has 0 aromatic heterocycles. The second-order valence-electron chi connectivity index (χ2n) is 3.69. The van der Waals surface area contributed by atoms with Gasteiger partial charge in [-0.25, -0.2) is 0 Å². The van der Waals surface area contributed by atoms with Crippen LogP contribution in [-0.2, 0) is 5.41 Å². The fraction of sp³-hybridized carbons (Fsp3) is 0.455. The summed E-state index contributed by atoms with van der Waals surface area (Å²) < 4.78 is 0. The standard InChI is InChI=1S/C11H14Br2/c1-9-3-5-10(6-4-9)11(2,7-12)8-13/h3-6H,7-8H2,1-2H3. The van der Waals surface area contributed by atoms with Crippen molar-refractivity contribution in [2.45, 2.75) is 19.3 Å². The molecule has 0 fully saturated rings. The third kappa shape index (κ3) is 2.57. The van der Waals surface area contributed by atoms with Gasteiger partial charge in [0, 0.05) is 16.1 Å². The molecule has 0 unspecified atom stereocenters. The SMILES string of the molecule is Cc1ccc(C(C)(CBr)CBr)cc1. The van der Waals surface area contributed by atoms with Crippen molar-refractivity contribution >= 4 is 31.9 Å². The minimum absolute atomic E-state index is 0.202. The molecule has 0 aliphatic heterocycles. The van der Waals surface area contributed by atoms with Crippen molar-refractivity contribution in [1.29, 1.82) is 0 Å². The van der Waals surface area contributed by atoms with Crippen LogP contribution in [0.2, 0.25) is 0 Å². The van der Waals surface area contributed by atoms with Gasteiger partial charge in [0.05, 0.1) is 0 Å². The third-order valence-corrected chi connectivity index (χ3v) is 4.81. The van der Waals surface area contributed by atoms with Crippen LogP contribution in [0.4, 0.5) is 0 Å². The van der Waals surface area contributed by atoms with Gasteiger partial charge in [0.1, 0.15) is 0 Å². The zero-order chi connectivity index (χ0) is 9.90. The minimum atomic E-state index is 0.202. The van der Waals surface area contributed by atoms with E-state index < -0.39 is 0 Å². The smallest absolute Gasteiger partial charge is 0.0134 e. The van der Waals surface area contributed by atoms with E-state index in [2.05, 4.69) is 70.0 Å². The molecule has 2 heteroatoms. The average Bonchev–Trinajstić information content (AvgIpc) is 2.18. The fourth-order valence-corrected chi connectivity index (χ4v) is 2.72. The molecule has 0 bridgehead atoms. The Hall–Kier alpha value is 0.180. The molecule has 0 aliphatic rings. The molecule has 0 amide bonds. The van der Waals surface area contributed by atoms with Gasteiger partial charge in [-0.3, -0.25) is 0 Å². The molecular formula is C11H14Br2. The van der Waals surface area contributed by atoms with E-state index in [4.69, 9.17) is 0 Å². The Morgan fingerprint density at radius 3 is 1.92 bits per heavy atom. The topological polar surface area (TPSA) is 0 Å². The Bertz CT molecular complexity index is 260. The lowest BCUT2D eigenvalue weighted by atomic mass is 9.86. The van der Waals surface area contributed by atoms with Gasteiger partial charge < -0.3 is 0 Å². The number of hydrogen-bond donors (Lipinski definition) is 0. The third-order valence-electron chi connectivity index (χ3n) is 2.34. The summed E-state index contributed by atoms with van der Waals surface area (Å²) in [6.07, 6.45) is 0. The highest BCUT2D eigenvalue weighted by atomic mass is 79.9. The van der Waals surface area contributed by atoms with Gasteiger partial charge in [-0.1, -0.05) is 68.6 Å². The predicted octanol–water partition coefficient (Wildman–Crippen LogP) is 4.04. The highest BCUT2D eigenvalue weighted by molar-refractivity contribution is 9.09. The van der Waals surface area contributed by atoms with Crippen molar-refractivity contribution in [2.75, 3.05) is 10.7 Å². The van der Waals surface area contributed by atoms with Crippen molar-refractivity contribution in [3.63, 3.8) is 0 Å². The number of aryl methyl sites for hydroxylation is 1. The quantitative estimate of drug-likeness (QED) is 0.739. The van der Waals surface area contributed by atoms with Gasteiger partial charge in [0.25, 0.3) is 0 Å². The maximum atomic E-state index is 3.56. The van der Waals surface area contributed by atoms with Crippen LogP contribution in [-0.4, -0.2) is 10.7 Å². The Labute approximate surface area is 97.0 Å². The molecule has 0 heterocycles. The summed E-state index contributed by atoms with van der Waals surface area (Å²) >= 11 is 7.11. The van der Waals surface area contributed by atoms with Crippen molar-refractivity contribution in [2.24, 2.45) is 0 Å². The van der Waals surface area contributed by atoms with Gasteiger partial charge in [0.2, 0.25) is 0 Å². The lowest BCUT2D eigenvalue weighted by Gasteiger charge is -2.25. The van der Waals surface area contributed by atoms with E-state index in [-0.39, 0.29) is 5.41 Å². The van der Waals surface area contributed by atoms with E-state index in [1.807, 2.05) is 0 Å². The predicted molar refractivity (Wildman–Crippen MR) is 66.1 cm³/mol. The van der Waals surface area contributed by atoms with Crippen LogP contribution >= 0.6 is 31.9 Å². The molecule has 0 radical (unpaired) electrons. The van der Waals surface area contributed by atoms with Gasteiger partial charge in [0.15, 0.2) is 0 Å². The van der Waals surface area contributed by atoms with Gasteiger partial charge in [-0.15, -0.1) is 0 Å². The summed E-state index contributed by atoms with van der Waals surface area (Å²) in [5.74, 6) is 0. The van der Waals surface area contributed by atoms with Gasteiger partial charge in [-0.05, 0) is 12.5 Å². The van der Waals surface area contributed by atoms with Crippen molar-refractivity contribution in [3.05, 3.63) is 35.4 Å². The zero-order valence-electron chi connectivity index (χ0n) is 7.98.